The number of hydrogen-bond acceptors (Lipinski definition) is 3. The van der Waals surface area contributed by atoms with Gasteiger partial charge in [0.2, 0.25) is 0 Å². The van der Waals surface area contributed by atoms with E-state index in [0.717, 1.165) is 57.2 Å². The lowest BCUT2D eigenvalue weighted by Crippen LogP contribution is -2.41. The van der Waals surface area contributed by atoms with Gasteiger partial charge in [-0.3, -0.25) is 4.99 Å². The van der Waals surface area contributed by atoms with Crippen LogP contribution in [0, 0.1) is 5.92 Å². The van der Waals surface area contributed by atoms with Crippen molar-refractivity contribution in [2.45, 2.75) is 64.8 Å². The number of likely N-dealkylation sites (tertiary alicyclic amines) is 1. The molecule has 5 nitrogen and oxygen atoms in total. The second kappa shape index (κ2) is 11.7. The number of aliphatic imine (C=N–C) groups is 1. The third-order valence-electron chi connectivity index (χ3n) is 4.97. The highest BCUT2D eigenvalue weighted by Crippen LogP contribution is 2.28. The zero-order valence-electron chi connectivity index (χ0n) is 15.9. The summed E-state index contributed by atoms with van der Waals surface area (Å²) in [6, 6.07) is 0.760. The standard InChI is InChI=1S/C19H38N4O/c1-3-20-19(22-12-7-15-24-16-18-9-10-18)21-11-6-14-23-13-5-4-8-17(23)2/h17-18H,3-16H2,1-2H3,(H2,20,21,22). The van der Waals surface area contributed by atoms with E-state index in [1.807, 2.05) is 0 Å². The third kappa shape index (κ3) is 8.34. The summed E-state index contributed by atoms with van der Waals surface area (Å²) >= 11 is 0. The SMILES string of the molecule is CCNC(=NCCCOCC1CC1)NCCCN1CCCCC1C. The van der Waals surface area contributed by atoms with Gasteiger partial charge in [0.25, 0.3) is 0 Å². The molecule has 1 atom stereocenters. The molecule has 1 aliphatic heterocycles. The number of piperidine rings is 1. The van der Waals surface area contributed by atoms with E-state index in [1.165, 1.54) is 51.6 Å². The van der Waals surface area contributed by atoms with Gasteiger partial charge in [-0.05, 0) is 64.8 Å². The molecule has 1 aliphatic carbocycles. The number of guanidine groups is 1. The average Bonchev–Trinajstić information content (AvgIpc) is 3.40. The van der Waals surface area contributed by atoms with Gasteiger partial charge in [0.15, 0.2) is 5.96 Å². The highest BCUT2D eigenvalue weighted by atomic mass is 16.5. The van der Waals surface area contributed by atoms with E-state index in [0.29, 0.717) is 0 Å². The molecular weight excluding hydrogens is 300 g/mol. The molecular formula is C19H38N4O. The van der Waals surface area contributed by atoms with Gasteiger partial charge in [0.05, 0.1) is 0 Å². The van der Waals surface area contributed by atoms with Crippen LogP contribution in [-0.2, 0) is 4.74 Å². The Kier molecular flexibility index (Phi) is 9.51. The Bertz CT molecular complexity index is 357. The van der Waals surface area contributed by atoms with E-state index < -0.39 is 0 Å². The molecule has 24 heavy (non-hydrogen) atoms. The number of ether oxygens (including phenoxy) is 1. The second-order valence-corrected chi connectivity index (χ2v) is 7.29. The van der Waals surface area contributed by atoms with Crippen molar-refractivity contribution >= 4 is 5.96 Å². The third-order valence-corrected chi connectivity index (χ3v) is 4.97. The van der Waals surface area contributed by atoms with Gasteiger partial charge in [0, 0.05) is 45.4 Å². The fourth-order valence-corrected chi connectivity index (χ4v) is 3.21. The second-order valence-electron chi connectivity index (χ2n) is 7.29. The number of nitrogens with zero attached hydrogens (tertiary/aromatic N) is 2. The summed E-state index contributed by atoms with van der Waals surface area (Å²) < 4.78 is 5.66. The predicted molar refractivity (Wildman–Crippen MR) is 102 cm³/mol. The molecule has 0 radical (unpaired) electrons. The van der Waals surface area contributed by atoms with Crippen LogP contribution in [0.25, 0.3) is 0 Å². The van der Waals surface area contributed by atoms with E-state index in [4.69, 9.17) is 4.74 Å². The van der Waals surface area contributed by atoms with Gasteiger partial charge in [-0.2, -0.15) is 0 Å². The maximum absolute atomic E-state index is 5.66. The Labute approximate surface area is 148 Å². The van der Waals surface area contributed by atoms with E-state index in [2.05, 4.69) is 34.4 Å². The maximum Gasteiger partial charge on any atom is 0.191 e. The van der Waals surface area contributed by atoms with Crippen LogP contribution in [0.5, 0.6) is 0 Å². The van der Waals surface area contributed by atoms with Crippen molar-refractivity contribution in [1.29, 1.82) is 0 Å². The first kappa shape index (κ1) is 19.5. The minimum Gasteiger partial charge on any atom is -0.381 e. The Hall–Kier alpha value is -0.810. The number of hydrogen-bond donors (Lipinski definition) is 2. The van der Waals surface area contributed by atoms with Gasteiger partial charge < -0.3 is 20.3 Å². The zero-order chi connectivity index (χ0) is 17.0. The molecule has 2 fully saturated rings. The van der Waals surface area contributed by atoms with Crippen LogP contribution in [0.2, 0.25) is 0 Å². The van der Waals surface area contributed by atoms with Gasteiger partial charge in [-0.1, -0.05) is 6.42 Å². The molecule has 0 amide bonds. The normalized spacial score (nSPS) is 22.6. The highest BCUT2D eigenvalue weighted by molar-refractivity contribution is 5.79. The first-order chi connectivity index (χ1) is 11.8. The first-order valence-electron chi connectivity index (χ1n) is 10.1. The molecule has 1 unspecified atom stereocenters. The summed E-state index contributed by atoms with van der Waals surface area (Å²) in [6.07, 6.45) is 9.04. The number of rotatable bonds is 11. The van der Waals surface area contributed by atoms with E-state index in [-0.39, 0.29) is 0 Å². The van der Waals surface area contributed by atoms with Crippen LogP contribution in [0.1, 0.15) is 58.8 Å². The molecule has 0 aromatic carbocycles. The molecule has 2 aliphatic rings. The van der Waals surface area contributed by atoms with Crippen molar-refractivity contribution in [1.82, 2.24) is 15.5 Å². The van der Waals surface area contributed by atoms with Crippen LogP contribution >= 0.6 is 0 Å². The van der Waals surface area contributed by atoms with Gasteiger partial charge in [0.1, 0.15) is 0 Å². The minimum absolute atomic E-state index is 0.760. The molecule has 1 saturated heterocycles. The van der Waals surface area contributed by atoms with Crippen molar-refractivity contribution in [3.63, 3.8) is 0 Å². The first-order valence-corrected chi connectivity index (χ1v) is 10.1. The van der Waals surface area contributed by atoms with Crippen LogP contribution < -0.4 is 10.6 Å². The van der Waals surface area contributed by atoms with Crippen LogP contribution in [0.15, 0.2) is 4.99 Å². The van der Waals surface area contributed by atoms with Crippen molar-refractivity contribution in [2.75, 3.05) is 45.9 Å². The smallest absolute Gasteiger partial charge is 0.191 e. The monoisotopic (exact) mass is 338 g/mol. The van der Waals surface area contributed by atoms with Crippen molar-refractivity contribution in [2.24, 2.45) is 10.9 Å². The highest BCUT2D eigenvalue weighted by Gasteiger charge is 2.20. The summed E-state index contributed by atoms with van der Waals surface area (Å²) in [4.78, 5) is 7.28. The summed E-state index contributed by atoms with van der Waals surface area (Å²) in [5.74, 6) is 1.81. The molecule has 2 rings (SSSR count). The summed E-state index contributed by atoms with van der Waals surface area (Å²) in [6.45, 7) is 11.5. The van der Waals surface area contributed by atoms with Crippen molar-refractivity contribution < 1.29 is 4.74 Å². The molecule has 1 heterocycles. The molecule has 2 N–H and O–H groups in total. The zero-order valence-corrected chi connectivity index (χ0v) is 15.9. The lowest BCUT2D eigenvalue weighted by molar-refractivity contribution is 0.123. The van der Waals surface area contributed by atoms with Crippen LogP contribution in [0.4, 0.5) is 0 Å². The molecule has 5 heteroatoms. The molecule has 1 saturated carbocycles. The lowest BCUT2D eigenvalue weighted by Gasteiger charge is -2.33. The largest absolute Gasteiger partial charge is 0.381 e. The lowest BCUT2D eigenvalue weighted by atomic mass is 10.0. The van der Waals surface area contributed by atoms with Crippen molar-refractivity contribution in [3.8, 4) is 0 Å². The average molecular weight is 339 g/mol. The van der Waals surface area contributed by atoms with Gasteiger partial charge in [-0.25, -0.2) is 0 Å². The predicted octanol–water partition coefficient (Wildman–Crippen LogP) is 2.62. The fraction of sp³-hybridized carbons (Fsp3) is 0.947. The number of nitrogens with one attached hydrogen (secondary N) is 2. The summed E-state index contributed by atoms with van der Waals surface area (Å²) in [7, 11) is 0. The van der Waals surface area contributed by atoms with E-state index >= 15 is 0 Å². The maximum atomic E-state index is 5.66. The van der Waals surface area contributed by atoms with Crippen molar-refractivity contribution in [3.05, 3.63) is 0 Å². The van der Waals surface area contributed by atoms with Crippen LogP contribution in [0.3, 0.4) is 0 Å². The van der Waals surface area contributed by atoms with Gasteiger partial charge in [-0.15, -0.1) is 0 Å². The Balaban J connectivity index is 1.52. The molecule has 0 bridgehead atoms. The minimum atomic E-state index is 0.760. The summed E-state index contributed by atoms with van der Waals surface area (Å²) in [5, 5.41) is 6.80. The Morgan fingerprint density at radius 1 is 1.17 bits per heavy atom. The Morgan fingerprint density at radius 2 is 2.04 bits per heavy atom. The summed E-state index contributed by atoms with van der Waals surface area (Å²) in [5.41, 5.74) is 0. The topological polar surface area (TPSA) is 48.9 Å². The fourth-order valence-electron chi connectivity index (χ4n) is 3.21. The van der Waals surface area contributed by atoms with E-state index in [1.54, 1.807) is 0 Å². The molecule has 140 valence electrons. The van der Waals surface area contributed by atoms with Crippen LogP contribution in [-0.4, -0.2) is 62.8 Å². The quantitative estimate of drug-likeness (QED) is 0.345. The van der Waals surface area contributed by atoms with E-state index in [9.17, 15) is 0 Å². The van der Waals surface area contributed by atoms with Gasteiger partial charge >= 0.3 is 0 Å². The molecule has 0 aromatic rings. The molecule has 0 spiro atoms. The molecule has 0 aromatic heterocycles. The Morgan fingerprint density at radius 3 is 2.79 bits per heavy atom.